The first-order valence-electron chi connectivity index (χ1n) is 5.94. The number of nitrogens with two attached hydrogens (primary N) is 1. The molecule has 0 saturated carbocycles. The topological polar surface area (TPSA) is 94.0 Å². The number of hydrogen-bond acceptors (Lipinski definition) is 5. The lowest BCUT2D eigenvalue weighted by Gasteiger charge is -2.14. The summed E-state index contributed by atoms with van der Waals surface area (Å²) in [5.41, 5.74) is 7.69. The minimum absolute atomic E-state index is 0.210. The normalized spacial score (nSPS) is 12.2. The van der Waals surface area contributed by atoms with E-state index >= 15 is 0 Å². The molecule has 0 bridgehead atoms. The van der Waals surface area contributed by atoms with Crippen LogP contribution < -0.4 is 11.1 Å². The van der Waals surface area contributed by atoms with E-state index < -0.39 is 0 Å². The monoisotopic (exact) mass is 260 g/mol. The molecule has 2 aromatic heterocycles. The fraction of sp³-hybridized carbons (Fsp3) is 0.308. The highest BCUT2D eigenvalue weighted by atomic mass is 16.5. The van der Waals surface area contributed by atoms with Crippen LogP contribution in [0, 0.1) is 13.8 Å². The second-order valence-corrected chi connectivity index (χ2v) is 4.37. The number of carbonyl (C=O) groups is 1. The molecule has 0 radical (unpaired) electrons. The Balaban J connectivity index is 2.18. The largest absolute Gasteiger partial charge is 0.383 e. The maximum absolute atomic E-state index is 12.1. The third-order valence-corrected chi connectivity index (χ3v) is 2.95. The molecule has 1 amide bonds. The maximum Gasteiger partial charge on any atom is 0.255 e. The van der Waals surface area contributed by atoms with Crippen molar-refractivity contribution in [3.8, 4) is 0 Å². The highest BCUT2D eigenvalue weighted by Crippen LogP contribution is 2.21. The van der Waals surface area contributed by atoms with Gasteiger partial charge in [0.05, 0.1) is 17.3 Å². The Morgan fingerprint density at radius 1 is 1.47 bits per heavy atom. The van der Waals surface area contributed by atoms with Crippen LogP contribution in [0.1, 0.15) is 40.3 Å². The molecule has 0 aliphatic rings. The van der Waals surface area contributed by atoms with Gasteiger partial charge in [0.1, 0.15) is 11.6 Å². The molecule has 1 atom stereocenters. The van der Waals surface area contributed by atoms with Gasteiger partial charge in [0.25, 0.3) is 5.91 Å². The van der Waals surface area contributed by atoms with Gasteiger partial charge >= 0.3 is 0 Å². The van der Waals surface area contributed by atoms with Crippen molar-refractivity contribution in [1.82, 2.24) is 15.5 Å². The van der Waals surface area contributed by atoms with Gasteiger partial charge in [-0.25, -0.2) is 4.98 Å². The van der Waals surface area contributed by atoms with Gasteiger partial charge in [-0.1, -0.05) is 5.16 Å². The van der Waals surface area contributed by atoms with E-state index in [0.717, 1.165) is 11.3 Å². The van der Waals surface area contributed by atoms with E-state index in [4.69, 9.17) is 10.3 Å². The summed E-state index contributed by atoms with van der Waals surface area (Å²) >= 11 is 0. The minimum atomic E-state index is -0.266. The molecule has 6 heteroatoms. The van der Waals surface area contributed by atoms with Crippen LogP contribution in [0.4, 0.5) is 5.82 Å². The van der Waals surface area contributed by atoms with E-state index in [2.05, 4.69) is 15.5 Å². The Morgan fingerprint density at radius 3 is 2.79 bits per heavy atom. The van der Waals surface area contributed by atoms with Gasteiger partial charge in [0.15, 0.2) is 0 Å². The minimum Gasteiger partial charge on any atom is -0.383 e. The van der Waals surface area contributed by atoms with E-state index in [1.807, 2.05) is 20.8 Å². The van der Waals surface area contributed by atoms with Gasteiger partial charge in [0.2, 0.25) is 0 Å². The number of nitrogen functional groups attached to an aromatic ring is 1. The van der Waals surface area contributed by atoms with Crippen molar-refractivity contribution in [2.75, 3.05) is 5.73 Å². The van der Waals surface area contributed by atoms with Gasteiger partial charge < -0.3 is 15.6 Å². The number of nitrogens with one attached hydrogen (secondary N) is 1. The van der Waals surface area contributed by atoms with Crippen molar-refractivity contribution >= 4 is 11.7 Å². The van der Waals surface area contributed by atoms with E-state index in [-0.39, 0.29) is 17.8 Å². The molecule has 0 aromatic carbocycles. The van der Waals surface area contributed by atoms with Crippen molar-refractivity contribution in [2.45, 2.75) is 26.8 Å². The third-order valence-electron chi connectivity index (χ3n) is 2.95. The van der Waals surface area contributed by atoms with Crippen molar-refractivity contribution in [1.29, 1.82) is 0 Å². The first-order chi connectivity index (χ1) is 9.00. The molecule has 2 heterocycles. The van der Waals surface area contributed by atoms with Crippen LogP contribution in [0.3, 0.4) is 0 Å². The van der Waals surface area contributed by atoms with Crippen molar-refractivity contribution in [3.05, 3.63) is 40.9 Å². The lowest BCUT2D eigenvalue weighted by atomic mass is 10.1. The Kier molecular flexibility index (Phi) is 3.50. The summed E-state index contributed by atoms with van der Waals surface area (Å²) in [4.78, 5) is 16.0. The number of rotatable bonds is 3. The van der Waals surface area contributed by atoms with Gasteiger partial charge in [-0.05, 0) is 32.9 Å². The van der Waals surface area contributed by atoms with E-state index in [9.17, 15) is 4.79 Å². The molecule has 0 spiro atoms. The van der Waals surface area contributed by atoms with E-state index in [0.29, 0.717) is 11.3 Å². The Hall–Kier alpha value is -2.37. The van der Waals surface area contributed by atoms with Crippen molar-refractivity contribution in [3.63, 3.8) is 0 Å². The number of carbonyl (C=O) groups excluding carboxylic acids is 1. The Bertz CT molecular complexity index is 587. The second kappa shape index (κ2) is 5.09. The molecular formula is C13H16N4O2. The highest BCUT2D eigenvalue weighted by molar-refractivity contribution is 5.98. The molecule has 3 N–H and O–H groups in total. The SMILES string of the molecule is Cc1noc(C)c1C(C)NC(=O)c1cccnc1N. The van der Waals surface area contributed by atoms with Gasteiger partial charge in [-0.2, -0.15) is 0 Å². The zero-order valence-corrected chi connectivity index (χ0v) is 11.1. The number of amides is 1. The summed E-state index contributed by atoms with van der Waals surface area (Å²) < 4.78 is 5.09. The highest BCUT2D eigenvalue weighted by Gasteiger charge is 2.19. The number of anilines is 1. The molecular weight excluding hydrogens is 244 g/mol. The predicted molar refractivity (Wildman–Crippen MR) is 70.5 cm³/mol. The Morgan fingerprint density at radius 2 is 2.21 bits per heavy atom. The molecule has 2 aromatic rings. The maximum atomic E-state index is 12.1. The van der Waals surface area contributed by atoms with Crippen LogP contribution in [0.15, 0.2) is 22.9 Å². The standard InChI is InChI=1S/C13H16N4O2/c1-7(11-8(2)17-19-9(11)3)16-13(18)10-5-4-6-15-12(10)14/h4-7H,1-3H3,(H2,14,15)(H,16,18). The average Bonchev–Trinajstić information content (AvgIpc) is 2.69. The summed E-state index contributed by atoms with van der Waals surface area (Å²) in [6.07, 6.45) is 1.55. The second-order valence-electron chi connectivity index (χ2n) is 4.37. The van der Waals surface area contributed by atoms with Gasteiger partial charge in [0, 0.05) is 11.8 Å². The summed E-state index contributed by atoms with van der Waals surface area (Å²) in [7, 11) is 0. The first kappa shape index (κ1) is 13.1. The first-order valence-corrected chi connectivity index (χ1v) is 5.94. The molecule has 0 aliphatic heterocycles. The molecule has 100 valence electrons. The van der Waals surface area contributed by atoms with Crippen LogP contribution in [-0.2, 0) is 0 Å². The lowest BCUT2D eigenvalue weighted by molar-refractivity contribution is 0.0940. The number of aryl methyl sites for hydroxylation is 2. The lowest BCUT2D eigenvalue weighted by Crippen LogP contribution is -2.28. The van der Waals surface area contributed by atoms with E-state index in [1.165, 1.54) is 0 Å². The zero-order valence-electron chi connectivity index (χ0n) is 11.1. The predicted octanol–water partition coefficient (Wildman–Crippen LogP) is 1.76. The fourth-order valence-electron chi connectivity index (χ4n) is 2.06. The fourth-order valence-corrected chi connectivity index (χ4v) is 2.06. The van der Waals surface area contributed by atoms with Crippen molar-refractivity contribution in [2.24, 2.45) is 0 Å². The molecule has 19 heavy (non-hydrogen) atoms. The molecule has 1 unspecified atom stereocenters. The molecule has 2 rings (SSSR count). The molecule has 6 nitrogen and oxygen atoms in total. The molecule has 0 saturated heterocycles. The number of nitrogens with zero attached hydrogens (tertiary/aromatic N) is 2. The van der Waals surface area contributed by atoms with Crippen LogP contribution in [-0.4, -0.2) is 16.0 Å². The molecule has 0 aliphatic carbocycles. The van der Waals surface area contributed by atoms with Crippen LogP contribution in [0.2, 0.25) is 0 Å². The van der Waals surface area contributed by atoms with Crippen LogP contribution in [0.5, 0.6) is 0 Å². The van der Waals surface area contributed by atoms with E-state index in [1.54, 1.807) is 18.3 Å². The number of pyridine rings is 1. The molecule has 0 fully saturated rings. The quantitative estimate of drug-likeness (QED) is 0.876. The number of hydrogen-bond donors (Lipinski definition) is 2. The summed E-state index contributed by atoms with van der Waals surface area (Å²) in [5.74, 6) is 0.647. The van der Waals surface area contributed by atoms with Crippen LogP contribution in [0.25, 0.3) is 0 Å². The smallest absolute Gasteiger partial charge is 0.255 e. The summed E-state index contributed by atoms with van der Waals surface area (Å²) in [6.45, 7) is 5.53. The van der Waals surface area contributed by atoms with Gasteiger partial charge in [-0.3, -0.25) is 4.79 Å². The third kappa shape index (κ3) is 2.57. The Labute approximate surface area is 111 Å². The summed E-state index contributed by atoms with van der Waals surface area (Å²) in [5, 5.41) is 6.73. The summed E-state index contributed by atoms with van der Waals surface area (Å²) in [6, 6.07) is 3.10. The van der Waals surface area contributed by atoms with Crippen molar-refractivity contribution < 1.29 is 9.32 Å². The van der Waals surface area contributed by atoms with Gasteiger partial charge in [-0.15, -0.1) is 0 Å². The zero-order chi connectivity index (χ0) is 14.0. The van der Waals surface area contributed by atoms with Crippen LogP contribution >= 0.6 is 0 Å². The number of aromatic nitrogens is 2. The average molecular weight is 260 g/mol.